The van der Waals surface area contributed by atoms with Crippen molar-refractivity contribution in [2.75, 3.05) is 13.1 Å². The molecule has 1 fully saturated rings. The predicted octanol–water partition coefficient (Wildman–Crippen LogP) is 0.323. The minimum atomic E-state index is -0.0335. The summed E-state index contributed by atoms with van der Waals surface area (Å²) < 4.78 is 1.91. The highest BCUT2D eigenvalue weighted by molar-refractivity contribution is 5.00. The van der Waals surface area contributed by atoms with Gasteiger partial charge in [-0.2, -0.15) is 5.10 Å². The maximum atomic E-state index is 9.12. The highest BCUT2D eigenvalue weighted by atomic mass is 16.3. The van der Waals surface area contributed by atoms with E-state index < -0.39 is 0 Å². The monoisotopic (exact) mass is 209 g/mol. The number of aryl methyl sites for hydroxylation is 1. The van der Waals surface area contributed by atoms with Crippen LogP contribution in [-0.4, -0.2) is 34.1 Å². The third-order valence-corrected chi connectivity index (χ3v) is 3.12. The molecule has 15 heavy (non-hydrogen) atoms. The normalized spacial score (nSPS) is 25.2. The van der Waals surface area contributed by atoms with E-state index in [1.807, 2.05) is 17.9 Å². The van der Waals surface area contributed by atoms with Gasteiger partial charge < -0.3 is 10.4 Å². The first-order valence-electron chi connectivity index (χ1n) is 5.61. The average Bonchev–Trinajstić information content (AvgIpc) is 2.55. The number of aliphatic hydroxyl groups excluding tert-OH is 1. The second-order valence-electron chi connectivity index (χ2n) is 4.39. The maximum absolute atomic E-state index is 9.12. The molecular formula is C11H19N3O. The molecule has 0 bridgehead atoms. The summed E-state index contributed by atoms with van der Waals surface area (Å²) in [5.41, 5.74) is 1.26. The van der Waals surface area contributed by atoms with Crippen molar-refractivity contribution in [3.63, 3.8) is 0 Å². The Morgan fingerprint density at radius 2 is 2.40 bits per heavy atom. The van der Waals surface area contributed by atoms with Gasteiger partial charge in [-0.25, -0.2) is 0 Å². The summed E-state index contributed by atoms with van der Waals surface area (Å²) >= 11 is 0. The van der Waals surface area contributed by atoms with E-state index in [-0.39, 0.29) is 6.10 Å². The van der Waals surface area contributed by atoms with E-state index in [1.54, 1.807) is 0 Å². The molecule has 1 heterocycles. The molecule has 0 unspecified atom stereocenters. The summed E-state index contributed by atoms with van der Waals surface area (Å²) in [5, 5.41) is 16.7. The zero-order valence-electron chi connectivity index (χ0n) is 9.19. The second-order valence-corrected chi connectivity index (χ2v) is 4.39. The van der Waals surface area contributed by atoms with Crippen LogP contribution in [0.2, 0.25) is 0 Å². The van der Waals surface area contributed by atoms with Crippen LogP contribution < -0.4 is 5.32 Å². The fourth-order valence-electron chi connectivity index (χ4n) is 2.04. The van der Waals surface area contributed by atoms with Gasteiger partial charge in [0.25, 0.3) is 0 Å². The number of nitrogens with one attached hydrogen (secondary N) is 1. The predicted molar refractivity (Wildman–Crippen MR) is 58.5 cm³/mol. The van der Waals surface area contributed by atoms with Crippen LogP contribution in [0.1, 0.15) is 18.5 Å². The van der Waals surface area contributed by atoms with Crippen molar-refractivity contribution in [3.05, 3.63) is 18.0 Å². The quantitative estimate of drug-likeness (QED) is 0.687. The zero-order chi connectivity index (χ0) is 10.7. The van der Waals surface area contributed by atoms with Crippen LogP contribution in [0.15, 0.2) is 12.3 Å². The molecule has 0 amide bonds. The topological polar surface area (TPSA) is 50.1 Å². The Bertz CT molecular complexity index is 305. The molecule has 84 valence electrons. The fourth-order valence-corrected chi connectivity index (χ4v) is 2.04. The van der Waals surface area contributed by atoms with E-state index in [2.05, 4.69) is 16.5 Å². The highest BCUT2D eigenvalue weighted by Crippen LogP contribution is 2.25. The highest BCUT2D eigenvalue weighted by Gasteiger charge is 2.26. The van der Waals surface area contributed by atoms with Crippen molar-refractivity contribution in [3.8, 4) is 0 Å². The summed E-state index contributed by atoms with van der Waals surface area (Å²) in [6.45, 7) is 2.03. The largest absolute Gasteiger partial charge is 0.393 e. The lowest BCUT2D eigenvalue weighted by Crippen LogP contribution is -2.36. The first-order chi connectivity index (χ1) is 7.25. The molecule has 0 spiro atoms. The first kappa shape index (κ1) is 10.6. The van der Waals surface area contributed by atoms with Crippen LogP contribution in [-0.2, 0) is 13.5 Å². The van der Waals surface area contributed by atoms with E-state index >= 15 is 0 Å². The molecule has 2 rings (SSSR count). The Balaban J connectivity index is 1.58. The molecule has 4 heteroatoms. The first-order valence-corrected chi connectivity index (χ1v) is 5.61. The number of hydrogen-bond donors (Lipinski definition) is 2. The molecule has 0 aromatic carbocycles. The summed E-state index contributed by atoms with van der Waals surface area (Å²) in [6.07, 6.45) is 4.76. The number of nitrogens with zero attached hydrogens (tertiary/aromatic N) is 2. The van der Waals surface area contributed by atoms with Gasteiger partial charge in [-0.15, -0.1) is 0 Å². The Morgan fingerprint density at radius 1 is 1.60 bits per heavy atom. The maximum Gasteiger partial charge on any atom is 0.0546 e. The van der Waals surface area contributed by atoms with Gasteiger partial charge in [-0.3, -0.25) is 4.68 Å². The fraction of sp³-hybridized carbons (Fsp3) is 0.727. The summed E-state index contributed by atoms with van der Waals surface area (Å²) in [7, 11) is 1.97. The van der Waals surface area contributed by atoms with E-state index in [9.17, 15) is 0 Å². The molecule has 0 saturated heterocycles. The van der Waals surface area contributed by atoms with Crippen LogP contribution >= 0.6 is 0 Å². The minimum Gasteiger partial charge on any atom is -0.393 e. The Hall–Kier alpha value is -0.870. The summed E-state index contributed by atoms with van der Waals surface area (Å²) in [5.74, 6) is 0.687. The molecule has 1 aromatic heterocycles. The lowest BCUT2D eigenvalue weighted by atomic mass is 9.82. The Labute approximate surface area is 90.3 Å². The van der Waals surface area contributed by atoms with Gasteiger partial charge in [0.05, 0.1) is 6.10 Å². The average molecular weight is 209 g/mol. The molecule has 2 N–H and O–H groups in total. The SMILES string of the molecule is Cn1nccc1CCNCC1CC(O)C1. The summed E-state index contributed by atoms with van der Waals surface area (Å²) in [4.78, 5) is 0. The molecule has 0 aliphatic heterocycles. The number of hydrogen-bond acceptors (Lipinski definition) is 3. The van der Waals surface area contributed by atoms with Crippen LogP contribution in [0, 0.1) is 5.92 Å². The van der Waals surface area contributed by atoms with Crippen LogP contribution in [0.3, 0.4) is 0 Å². The van der Waals surface area contributed by atoms with Gasteiger partial charge in [-0.1, -0.05) is 0 Å². The third-order valence-electron chi connectivity index (χ3n) is 3.12. The van der Waals surface area contributed by atoms with Crippen molar-refractivity contribution < 1.29 is 5.11 Å². The van der Waals surface area contributed by atoms with Gasteiger partial charge in [0.1, 0.15) is 0 Å². The van der Waals surface area contributed by atoms with E-state index in [0.717, 1.165) is 32.4 Å². The number of aliphatic hydroxyl groups is 1. The van der Waals surface area contributed by atoms with E-state index in [4.69, 9.17) is 5.11 Å². The molecule has 1 aromatic rings. The van der Waals surface area contributed by atoms with Gasteiger partial charge >= 0.3 is 0 Å². The van der Waals surface area contributed by atoms with Crippen molar-refractivity contribution in [2.24, 2.45) is 13.0 Å². The number of aromatic nitrogens is 2. The third kappa shape index (κ3) is 2.79. The smallest absolute Gasteiger partial charge is 0.0546 e. The van der Waals surface area contributed by atoms with Gasteiger partial charge in [0.15, 0.2) is 0 Å². The summed E-state index contributed by atoms with van der Waals surface area (Å²) in [6, 6.07) is 2.05. The minimum absolute atomic E-state index is 0.0335. The van der Waals surface area contributed by atoms with Gasteiger partial charge in [-0.05, 0) is 31.4 Å². The van der Waals surface area contributed by atoms with Crippen LogP contribution in [0.4, 0.5) is 0 Å². The molecule has 4 nitrogen and oxygen atoms in total. The van der Waals surface area contributed by atoms with Crippen molar-refractivity contribution in [1.82, 2.24) is 15.1 Å². The molecule has 0 radical (unpaired) electrons. The molecule has 1 aliphatic carbocycles. The lowest BCUT2D eigenvalue weighted by Gasteiger charge is -2.31. The molecular weight excluding hydrogens is 190 g/mol. The van der Waals surface area contributed by atoms with Crippen molar-refractivity contribution >= 4 is 0 Å². The second kappa shape index (κ2) is 4.77. The molecule has 0 atom stereocenters. The molecule has 1 saturated carbocycles. The molecule has 1 aliphatic rings. The van der Waals surface area contributed by atoms with E-state index in [0.29, 0.717) is 5.92 Å². The van der Waals surface area contributed by atoms with Crippen molar-refractivity contribution in [2.45, 2.75) is 25.4 Å². The van der Waals surface area contributed by atoms with Crippen molar-refractivity contribution in [1.29, 1.82) is 0 Å². The Morgan fingerprint density at radius 3 is 3.00 bits per heavy atom. The van der Waals surface area contributed by atoms with Crippen LogP contribution in [0.25, 0.3) is 0 Å². The number of rotatable bonds is 5. The Kier molecular flexibility index (Phi) is 3.38. The van der Waals surface area contributed by atoms with E-state index in [1.165, 1.54) is 5.69 Å². The van der Waals surface area contributed by atoms with Crippen LogP contribution in [0.5, 0.6) is 0 Å². The van der Waals surface area contributed by atoms with Gasteiger partial charge in [0, 0.05) is 31.9 Å². The zero-order valence-corrected chi connectivity index (χ0v) is 9.19. The standard InChI is InChI=1S/C11H19N3O/c1-14-10(3-5-13-14)2-4-12-8-9-6-11(15)7-9/h3,5,9,11-12,15H,2,4,6-8H2,1H3. The van der Waals surface area contributed by atoms with Gasteiger partial charge in [0.2, 0.25) is 0 Å². The lowest BCUT2D eigenvalue weighted by molar-refractivity contribution is 0.0432.